The molecule has 1 N–H and O–H groups in total. The number of hydrogen-bond donors (Lipinski definition) is 1. The summed E-state index contributed by atoms with van der Waals surface area (Å²) in [4.78, 5) is 12.1. The quantitative estimate of drug-likeness (QED) is 0.324. The minimum atomic E-state index is -0.268. The first-order chi connectivity index (χ1) is 14.5. The van der Waals surface area contributed by atoms with Gasteiger partial charge >= 0.3 is 0 Å². The second-order valence-electron chi connectivity index (χ2n) is 6.07. The van der Waals surface area contributed by atoms with Gasteiger partial charge in [-0.3, -0.25) is 4.79 Å². The van der Waals surface area contributed by atoms with Crippen molar-refractivity contribution in [3.8, 4) is 22.9 Å². The molecule has 0 saturated heterocycles. The Morgan fingerprint density at radius 3 is 2.80 bits per heavy atom. The van der Waals surface area contributed by atoms with Gasteiger partial charge in [0.1, 0.15) is 11.5 Å². The molecule has 156 valence electrons. The lowest BCUT2D eigenvalue weighted by molar-refractivity contribution is -0.118. The van der Waals surface area contributed by atoms with Crippen LogP contribution in [-0.2, 0) is 11.8 Å². The predicted molar refractivity (Wildman–Crippen MR) is 117 cm³/mol. The highest BCUT2D eigenvalue weighted by Crippen LogP contribution is 2.25. The highest BCUT2D eigenvalue weighted by Gasteiger charge is 2.13. The Kier molecular flexibility index (Phi) is 7.31. The van der Waals surface area contributed by atoms with E-state index in [1.807, 2.05) is 29.8 Å². The van der Waals surface area contributed by atoms with Crippen LogP contribution in [-0.4, -0.2) is 46.9 Å². The average Bonchev–Trinajstić information content (AvgIpc) is 3.12. The van der Waals surface area contributed by atoms with E-state index < -0.39 is 0 Å². The number of benzene rings is 2. The van der Waals surface area contributed by atoms with Crippen LogP contribution in [0.4, 0.5) is 0 Å². The molecular formula is C20H20ClN5O3S. The summed E-state index contributed by atoms with van der Waals surface area (Å²) in [5.41, 5.74) is 4.06. The lowest BCUT2D eigenvalue weighted by Gasteiger charge is -2.07. The zero-order valence-electron chi connectivity index (χ0n) is 16.6. The number of hydrogen-bond acceptors (Lipinski definition) is 7. The molecule has 30 heavy (non-hydrogen) atoms. The van der Waals surface area contributed by atoms with Gasteiger partial charge in [-0.25, -0.2) is 5.43 Å². The Bertz CT molecular complexity index is 1070. The molecule has 2 aromatic carbocycles. The minimum absolute atomic E-state index is 0.138. The largest absolute Gasteiger partial charge is 0.497 e. The third-order valence-electron chi connectivity index (χ3n) is 4.08. The highest BCUT2D eigenvalue weighted by atomic mass is 35.5. The van der Waals surface area contributed by atoms with Gasteiger partial charge in [-0.1, -0.05) is 35.5 Å². The van der Waals surface area contributed by atoms with Gasteiger partial charge in [-0.15, -0.1) is 10.2 Å². The van der Waals surface area contributed by atoms with E-state index in [1.165, 1.54) is 18.0 Å². The average molecular weight is 446 g/mol. The number of amides is 1. The number of hydrazone groups is 1. The molecule has 0 aliphatic carbocycles. The zero-order chi connectivity index (χ0) is 21.5. The second kappa shape index (κ2) is 10.1. The first kappa shape index (κ1) is 21.7. The fourth-order valence-corrected chi connectivity index (χ4v) is 3.47. The predicted octanol–water partition coefficient (Wildman–Crippen LogP) is 3.40. The van der Waals surface area contributed by atoms with Crippen molar-refractivity contribution in [3.05, 3.63) is 53.1 Å². The first-order valence-corrected chi connectivity index (χ1v) is 10.2. The molecule has 3 rings (SSSR count). The monoisotopic (exact) mass is 445 g/mol. The maximum Gasteiger partial charge on any atom is 0.250 e. The van der Waals surface area contributed by atoms with Crippen LogP contribution in [0.5, 0.6) is 11.5 Å². The van der Waals surface area contributed by atoms with Crippen molar-refractivity contribution in [3.63, 3.8) is 0 Å². The Morgan fingerprint density at radius 2 is 2.07 bits per heavy atom. The van der Waals surface area contributed by atoms with Crippen molar-refractivity contribution >= 4 is 35.5 Å². The molecule has 0 aliphatic rings. The van der Waals surface area contributed by atoms with Crippen LogP contribution in [0.2, 0.25) is 5.02 Å². The summed E-state index contributed by atoms with van der Waals surface area (Å²) in [6, 6.07) is 12.7. The molecule has 0 fully saturated rings. The van der Waals surface area contributed by atoms with E-state index in [0.29, 0.717) is 33.1 Å². The van der Waals surface area contributed by atoms with Gasteiger partial charge in [0.2, 0.25) is 0 Å². The lowest BCUT2D eigenvalue weighted by atomic mass is 10.2. The summed E-state index contributed by atoms with van der Waals surface area (Å²) < 4.78 is 12.3. The van der Waals surface area contributed by atoms with Crippen LogP contribution in [0.15, 0.2) is 52.7 Å². The molecule has 0 atom stereocenters. The van der Waals surface area contributed by atoms with E-state index in [9.17, 15) is 4.79 Å². The van der Waals surface area contributed by atoms with Gasteiger partial charge < -0.3 is 14.0 Å². The van der Waals surface area contributed by atoms with Crippen LogP contribution >= 0.6 is 23.4 Å². The van der Waals surface area contributed by atoms with Crippen molar-refractivity contribution in [2.24, 2.45) is 12.1 Å². The van der Waals surface area contributed by atoms with Crippen molar-refractivity contribution in [1.29, 1.82) is 0 Å². The highest BCUT2D eigenvalue weighted by molar-refractivity contribution is 7.99. The van der Waals surface area contributed by atoms with E-state index in [-0.39, 0.29) is 11.7 Å². The molecule has 1 amide bonds. The topological polar surface area (TPSA) is 90.6 Å². The zero-order valence-corrected chi connectivity index (χ0v) is 18.2. The number of nitrogens with zero attached hydrogens (tertiary/aromatic N) is 4. The van der Waals surface area contributed by atoms with Crippen molar-refractivity contribution in [2.75, 3.05) is 20.0 Å². The normalized spacial score (nSPS) is 10.9. The molecule has 8 nitrogen and oxygen atoms in total. The maximum atomic E-state index is 12.1. The summed E-state index contributed by atoms with van der Waals surface area (Å²) in [5.74, 6) is 1.80. The molecule has 0 bridgehead atoms. The smallest absolute Gasteiger partial charge is 0.250 e. The molecule has 0 saturated carbocycles. The Labute approximate surface area is 183 Å². The van der Waals surface area contributed by atoms with Gasteiger partial charge in [-0.05, 0) is 24.3 Å². The van der Waals surface area contributed by atoms with Gasteiger partial charge in [0.05, 0.1) is 26.2 Å². The van der Waals surface area contributed by atoms with Crippen molar-refractivity contribution < 1.29 is 14.3 Å². The maximum absolute atomic E-state index is 12.1. The first-order valence-electron chi connectivity index (χ1n) is 8.84. The molecule has 0 radical (unpaired) electrons. The number of ether oxygens (including phenoxy) is 2. The Balaban J connectivity index is 1.57. The van der Waals surface area contributed by atoms with Crippen LogP contribution < -0.4 is 14.9 Å². The van der Waals surface area contributed by atoms with E-state index in [2.05, 4.69) is 20.7 Å². The summed E-state index contributed by atoms with van der Waals surface area (Å²) >= 11 is 7.30. The van der Waals surface area contributed by atoms with Gasteiger partial charge in [0, 0.05) is 29.3 Å². The Hall–Kier alpha value is -3.04. The van der Waals surface area contributed by atoms with E-state index in [4.69, 9.17) is 21.1 Å². The number of halogens is 1. The molecule has 1 aromatic heterocycles. The molecular weight excluding hydrogens is 426 g/mol. The number of aromatic nitrogens is 3. The van der Waals surface area contributed by atoms with Crippen molar-refractivity contribution in [1.82, 2.24) is 20.2 Å². The molecule has 0 spiro atoms. The fourth-order valence-electron chi connectivity index (χ4n) is 2.58. The second-order valence-corrected chi connectivity index (χ2v) is 7.44. The van der Waals surface area contributed by atoms with Crippen LogP contribution in [0.1, 0.15) is 5.56 Å². The number of carbonyl (C=O) groups excluding carboxylic acids is 1. The summed E-state index contributed by atoms with van der Waals surface area (Å²) in [7, 11) is 4.97. The fraction of sp³-hybridized carbons (Fsp3) is 0.200. The number of thioether (sulfide) groups is 1. The van der Waals surface area contributed by atoms with Gasteiger partial charge in [0.15, 0.2) is 11.0 Å². The lowest BCUT2D eigenvalue weighted by Crippen LogP contribution is -2.20. The standard InChI is InChI=1S/C20H20ClN5O3S/c1-26-19(13-5-4-6-15(21)9-13)24-25-20(26)30-12-18(27)23-22-11-14-7-8-16(28-2)10-17(14)29-3/h4-11H,12H2,1-3H3,(H,23,27)/b22-11-. The third kappa shape index (κ3) is 5.31. The molecule has 3 aromatic rings. The van der Waals surface area contributed by atoms with E-state index in [1.54, 1.807) is 38.5 Å². The number of methoxy groups -OCH3 is 2. The summed E-state index contributed by atoms with van der Waals surface area (Å²) in [6.07, 6.45) is 1.51. The van der Waals surface area contributed by atoms with Crippen LogP contribution in [0, 0.1) is 0 Å². The van der Waals surface area contributed by atoms with E-state index >= 15 is 0 Å². The number of carbonyl (C=O) groups is 1. The SMILES string of the molecule is COc1ccc(/C=N\NC(=O)CSc2nnc(-c3cccc(Cl)c3)n2C)c(OC)c1. The number of rotatable bonds is 8. The number of nitrogens with one attached hydrogen (secondary N) is 1. The minimum Gasteiger partial charge on any atom is -0.497 e. The van der Waals surface area contributed by atoms with Crippen LogP contribution in [0.3, 0.4) is 0 Å². The summed E-state index contributed by atoms with van der Waals surface area (Å²) in [5, 5.41) is 13.6. The van der Waals surface area contributed by atoms with Crippen molar-refractivity contribution in [2.45, 2.75) is 5.16 Å². The summed E-state index contributed by atoms with van der Waals surface area (Å²) in [6.45, 7) is 0. The van der Waals surface area contributed by atoms with Gasteiger partial charge in [0.25, 0.3) is 5.91 Å². The third-order valence-corrected chi connectivity index (χ3v) is 5.34. The molecule has 1 heterocycles. The molecule has 0 aliphatic heterocycles. The van der Waals surface area contributed by atoms with E-state index in [0.717, 1.165) is 5.56 Å². The Morgan fingerprint density at radius 1 is 1.23 bits per heavy atom. The van der Waals surface area contributed by atoms with Crippen LogP contribution in [0.25, 0.3) is 11.4 Å². The molecule has 0 unspecified atom stereocenters. The molecule has 10 heteroatoms. The van der Waals surface area contributed by atoms with Gasteiger partial charge in [-0.2, -0.15) is 5.10 Å².